The molecule has 0 atom stereocenters. The van der Waals surface area contributed by atoms with Crippen molar-refractivity contribution in [1.82, 2.24) is 14.9 Å². The lowest BCUT2D eigenvalue weighted by Crippen LogP contribution is -2.33. The molecule has 1 fully saturated rings. The highest BCUT2D eigenvalue weighted by Crippen LogP contribution is 2.06. The van der Waals surface area contributed by atoms with Gasteiger partial charge in [-0.15, -0.1) is 0 Å². The van der Waals surface area contributed by atoms with Crippen LogP contribution in [0.25, 0.3) is 0 Å². The number of nitrogens with one attached hydrogen (secondary N) is 1. The maximum atomic E-state index is 5.77. The predicted octanol–water partition coefficient (Wildman–Crippen LogP) is 0.652. The first-order valence-electron chi connectivity index (χ1n) is 5.23. The molecule has 1 aliphatic heterocycles. The fourth-order valence-corrected chi connectivity index (χ4v) is 1.71. The third-order valence-corrected chi connectivity index (χ3v) is 2.55. The Labute approximate surface area is 84.3 Å². The van der Waals surface area contributed by atoms with Gasteiger partial charge in [0.05, 0.1) is 19.0 Å². The van der Waals surface area contributed by atoms with E-state index < -0.39 is 0 Å². The molecular formula is C10H17N3O. The van der Waals surface area contributed by atoms with E-state index in [1.807, 2.05) is 17.1 Å². The molecule has 14 heavy (non-hydrogen) atoms. The molecule has 0 aliphatic carbocycles. The lowest BCUT2D eigenvalue weighted by atomic mass is 10.1. The highest BCUT2D eigenvalue weighted by Gasteiger charge is 2.12. The Kier molecular flexibility index (Phi) is 3.54. The summed E-state index contributed by atoms with van der Waals surface area (Å²) >= 11 is 0. The maximum absolute atomic E-state index is 5.77. The third-order valence-electron chi connectivity index (χ3n) is 2.55. The lowest BCUT2D eigenvalue weighted by Gasteiger charge is -2.22. The van der Waals surface area contributed by atoms with Crippen LogP contribution >= 0.6 is 0 Å². The Hall–Kier alpha value is -0.870. The number of nitrogens with zero attached hydrogens (tertiary/aromatic N) is 2. The molecule has 1 aromatic rings. The van der Waals surface area contributed by atoms with Crippen molar-refractivity contribution >= 4 is 0 Å². The summed E-state index contributed by atoms with van der Waals surface area (Å²) in [5, 5.41) is 3.32. The van der Waals surface area contributed by atoms with E-state index in [0.29, 0.717) is 6.10 Å². The first-order chi connectivity index (χ1) is 6.95. The summed E-state index contributed by atoms with van der Waals surface area (Å²) < 4.78 is 7.81. The minimum absolute atomic E-state index is 0.458. The Morgan fingerprint density at radius 1 is 1.43 bits per heavy atom. The van der Waals surface area contributed by atoms with Crippen LogP contribution in [0.15, 0.2) is 18.7 Å². The fraction of sp³-hybridized carbons (Fsp3) is 0.700. The quantitative estimate of drug-likeness (QED) is 0.766. The third kappa shape index (κ3) is 2.82. The molecule has 0 radical (unpaired) electrons. The SMILES string of the molecule is c1cn(CCOC2CCNCC2)cn1. The molecule has 0 bridgehead atoms. The summed E-state index contributed by atoms with van der Waals surface area (Å²) in [6.07, 6.45) is 8.33. The minimum atomic E-state index is 0.458. The molecule has 78 valence electrons. The Bertz CT molecular complexity index is 242. The standard InChI is InChI=1S/C10H17N3O/c1-3-11-4-2-10(1)14-8-7-13-6-5-12-9-13/h5-6,9-11H,1-4,7-8H2. The number of hydrogen-bond acceptors (Lipinski definition) is 3. The second-order valence-corrected chi connectivity index (χ2v) is 3.62. The molecule has 0 unspecified atom stereocenters. The van der Waals surface area contributed by atoms with E-state index in [2.05, 4.69) is 10.3 Å². The number of imidazole rings is 1. The Balaban J connectivity index is 1.62. The molecule has 1 saturated heterocycles. The monoisotopic (exact) mass is 195 g/mol. The van der Waals surface area contributed by atoms with Crippen molar-refractivity contribution in [3.63, 3.8) is 0 Å². The van der Waals surface area contributed by atoms with Crippen LogP contribution in [0.2, 0.25) is 0 Å². The van der Waals surface area contributed by atoms with Gasteiger partial charge in [-0.05, 0) is 25.9 Å². The van der Waals surface area contributed by atoms with Crippen LogP contribution in [0.4, 0.5) is 0 Å². The normalized spacial score (nSPS) is 18.6. The number of hydrogen-bond donors (Lipinski definition) is 1. The second-order valence-electron chi connectivity index (χ2n) is 3.62. The van der Waals surface area contributed by atoms with Crippen molar-refractivity contribution in [2.24, 2.45) is 0 Å². The Morgan fingerprint density at radius 2 is 2.29 bits per heavy atom. The van der Waals surface area contributed by atoms with E-state index in [9.17, 15) is 0 Å². The highest BCUT2D eigenvalue weighted by molar-refractivity contribution is 4.74. The van der Waals surface area contributed by atoms with E-state index in [-0.39, 0.29) is 0 Å². The van der Waals surface area contributed by atoms with Gasteiger partial charge in [0.2, 0.25) is 0 Å². The zero-order chi connectivity index (χ0) is 9.64. The van der Waals surface area contributed by atoms with Crippen molar-refractivity contribution in [2.45, 2.75) is 25.5 Å². The summed E-state index contributed by atoms with van der Waals surface area (Å²) in [5.74, 6) is 0. The average molecular weight is 195 g/mol. The zero-order valence-corrected chi connectivity index (χ0v) is 8.35. The molecule has 4 nitrogen and oxygen atoms in total. The average Bonchev–Trinajstić information content (AvgIpc) is 2.72. The molecule has 1 N–H and O–H groups in total. The first kappa shape index (κ1) is 9.68. The predicted molar refractivity (Wildman–Crippen MR) is 54.1 cm³/mol. The smallest absolute Gasteiger partial charge is 0.0946 e. The summed E-state index contributed by atoms with van der Waals surface area (Å²) in [5.41, 5.74) is 0. The highest BCUT2D eigenvalue weighted by atomic mass is 16.5. The van der Waals surface area contributed by atoms with Gasteiger partial charge in [-0.1, -0.05) is 0 Å². The molecule has 1 aromatic heterocycles. The molecule has 0 saturated carbocycles. The van der Waals surface area contributed by atoms with Crippen LogP contribution in [-0.4, -0.2) is 35.4 Å². The Morgan fingerprint density at radius 3 is 3.00 bits per heavy atom. The van der Waals surface area contributed by atoms with Crippen LogP contribution in [0.5, 0.6) is 0 Å². The van der Waals surface area contributed by atoms with Crippen LogP contribution < -0.4 is 5.32 Å². The molecule has 1 aliphatic rings. The number of ether oxygens (including phenoxy) is 1. The van der Waals surface area contributed by atoms with E-state index in [4.69, 9.17) is 4.74 Å². The number of rotatable bonds is 4. The zero-order valence-electron chi connectivity index (χ0n) is 8.35. The molecule has 0 spiro atoms. The fourth-order valence-electron chi connectivity index (χ4n) is 1.71. The van der Waals surface area contributed by atoms with Crippen LogP contribution in [0, 0.1) is 0 Å². The van der Waals surface area contributed by atoms with Gasteiger partial charge in [0.15, 0.2) is 0 Å². The second kappa shape index (κ2) is 5.12. The first-order valence-corrected chi connectivity index (χ1v) is 5.23. The topological polar surface area (TPSA) is 39.1 Å². The van der Waals surface area contributed by atoms with Crippen LogP contribution in [-0.2, 0) is 11.3 Å². The molecule has 4 heteroatoms. The number of piperidine rings is 1. The molecular weight excluding hydrogens is 178 g/mol. The van der Waals surface area contributed by atoms with Gasteiger partial charge < -0.3 is 14.6 Å². The maximum Gasteiger partial charge on any atom is 0.0946 e. The molecule has 2 rings (SSSR count). The summed E-state index contributed by atoms with van der Waals surface area (Å²) in [4.78, 5) is 3.99. The van der Waals surface area contributed by atoms with E-state index in [1.54, 1.807) is 6.20 Å². The number of aromatic nitrogens is 2. The molecule has 0 amide bonds. The van der Waals surface area contributed by atoms with Gasteiger partial charge in [-0.2, -0.15) is 0 Å². The summed E-state index contributed by atoms with van der Waals surface area (Å²) in [6.45, 7) is 3.89. The molecule has 2 heterocycles. The molecule has 0 aromatic carbocycles. The van der Waals surface area contributed by atoms with Gasteiger partial charge in [-0.25, -0.2) is 4.98 Å². The van der Waals surface area contributed by atoms with Crippen molar-refractivity contribution < 1.29 is 4.74 Å². The summed E-state index contributed by atoms with van der Waals surface area (Å²) in [6, 6.07) is 0. The van der Waals surface area contributed by atoms with Crippen molar-refractivity contribution in [3.05, 3.63) is 18.7 Å². The van der Waals surface area contributed by atoms with Crippen LogP contribution in [0.1, 0.15) is 12.8 Å². The van der Waals surface area contributed by atoms with Gasteiger partial charge in [0.25, 0.3) is 0 Å². The lowest BCUT2D eigenvalue weighted by molar-refractivity contribution is 0.0284. The van der Waals surface area contributed by atoms with E-state index in [1.165, 1.54) is 0 Å². The minimum Gasteiger partial charge on any atom is -0.376 e. The van der Waals surface area contributed by atoms with Crippen molar-refractivity contribution in [1.29, 1.82) is 0 Å². The van der Waals surface area contributed by atoms with Gasteiger partial charge in [-0.3, -0.25) is 0 Å². The van der Waals surface area contributed by atoms with Crippen molar-refractivity contribution in [2.75, 3.05) is 19.7 Å². The largest absolute Gasteiger partial charge is 0.376 e. The van der Waals surface area contributed by atoms with Gasteiger partial charge >= 0.3 is 0 Å². The summed E-state index contributed by atoms with van der Waals surface area (Å²) in [7, 11) is 0. The van der Waals surface area contributed by atoms with E-state index in [0.717, 1.165) is 39.1 Å². The van der Waals surface area contributed by atoms with Gasteiger partial charge in [0, 0.05) is 18.9 Å². The van der Waals surface area contributed by atoms with E-state index >= 15 is 0 Å². The van der Waals surface area contributed by atoms with Crippen LogP contribution in [0.3, 0.4) is 0 Å². The van der Waals surface area contributed by atoms with Crippen molar-refractivity contribution in [3.8, 4) is 0 Å². The van der Waals surface area contributed by atoms with Gasteiger partial charge in [0.1, 0.15) is 0 Å².